The number of amides is 2. The molecule has 0 spiro atoms. The summed E-state index contributed by atoms with van der Waals surface area (Å²) in [6.07, 6.45) is 4.29. The van der Waals surface area contributed by atoms with Gasteiger partial charge < -0.3 is 0 Å². The zero-order valence-corrected chi connectivity index (χ0v) is 17.7. The van der Waals surface area contributed by atoms with E-state index in [1.54, 1.807) is 25.1 Å². The highest BCUT2D eigenvalue weighted by molar-refractivity contribution is 7.89. The smallest absolute Gasteiger partial charge is 0.240 e. The highest BCUT2D eigenvalue weighted by atomic mass is 32.2. The van der Waals surface area contributed by atoms with Crippen LogP contribution in [0.15, 0.2) is 23.1 Å². The fraction of sp³-hybridized carbons (Fsp3) is 0.619. The second kappa shape index (κ2) is 8.33. The number of rotatable bonds is 7. The van der Waals surface area contributed by atoms with Crippen molar-refractivity contribution in [3.8, 4) is 0 Å². The zero-order valence-electron chi connectivity index (χ0n) is 16.9. The van der Waals surface area contributed by atoms with Gasteiger partial charge in [0.2, 0.25) is 21.8 Å². The maximum absolute atomic E-state index is 12.7. The first-order valence-corrected chi connectivity index (χ1v) is 11.6. The third-order valence-corrected chi connectivity index (χ3v) is 7.43. The minimum absolute atomic E-state index is 0.102. The van der Waals surface area contributed by atoms with Gasteiger partial charge >= 0.3 is 0 Å². The van der Waals surface area contributed by atoms with E-state index in [9.17, 15) is 18.0 Å². The Bertz CT molecular complexity index is 839. The van der Waals surface area contributed by atoms with Gasteiger partial charge in [-0.3, -0.25) is 14.5 Å². The summed E-state index contributed by atoms with van der Waals surface area (Å²) >= 11 is 0. The molecule has 1 aliphatic heterocycles. The van der Waals surface area contributed by atoms with Crippen molar-refractivity contribution >= 4 is 21.8 Å². The molecule has 0 radical (unpaired) electrons. The van der Waals surface area contributed by atoms with Crippen molar-refractivity contribution in [2.45, 2.75) is 64.3 Å². The number of nitrogens with one attached hydrogen (secondary N) is 1. The van der Waals surface area contributed by atoms with Crippen LogP contribution in [-0.4, -0.2) is 31.7 Å². The van der Waals surface area contributed by atoms with Crippen molar-refractivity contribution in [2.75, 3.05) is 6.54 Å². The Kier molecular flexibility index (Phi) is 6.25. The molecule has 154 valence electrons. The van der Waals surface area contributed by atoms with Crippen LogP contribution in [0.3, 0.4) is 0 Å². The van der Waals surface area contributed by atoms with Crippen LogP contribution in [-0.2, 0) is 26.2 Å². The standard InChI is InChI=1S/C21H30N2O4S/c1-14(2)10-11-22-28(26,27)19-12-16(9-8-15(19)3)13-23-20(24)17-6-4-5-7-18(17)21(23)25/h8-9,12,14,17-18,22H,4-7,10-11,13H2,1-3H3/t17-,18-/m1/s1. The molecule has 1 N–H and O–H groups in total. The SMILES string of the molecule is Cc1ccc(CN2C(=O)[C@@H]3CCCC[C@H]3C2=O)cc1S(=O)(=O)NCCC(C)C. The first-order valence-electron chi connectivity index (χ1n) is 10.1. The normalized spacial score (nSPS) is 22.8. The summed E-state index contributed by atoms with van der Waals surface area (Å²) in [5.41, 5.74) is 1.31. The molecule has 1 aromatic carbocycles. The Hall–Kier alpha value is -1.73. The van der Waals surface area contributed by atoms with Gasteiger partial charge in [-0.15, -0.1) is 0 Å². The Morgan fingerprint density at radius 3 is 2.29 bits per heavy atom. The molecule has 1 aliphatic carbocycles. The minimum atomic E-state index is -3.63. The summed E-state index contributed by atoms with van der Waals surface area (Å²) in [5, 5.41) is 0. The molecule has 3 rings (SSSR count). The van der Waals surface area contributed by atoms with Gasteiger partial charge in [0.25, 0.3) is 0 Å². The number of carbonyl (C=O) groups is 2. The molecule has 1 heterocycles. The maximum atomic E-state index is 12.7. The summed E-state index contributed by atoms with van der Waals surface area (Å²) in [5.74, 6) is -0.171. The van der Waals surface area contributed by atoms with Crippen LogP contribution < -0.4 is 4.72 Å². The van der Waals surface area contributed by atoms with Gasteiger partial charge in [0.05, 0.1) is 23.3 Å². The van der Waals surface area contributed by atoms with Gasteiger partial charge in [0, 0.05) is 6.54 Å². The molecule has 28 heavy (non-hydrogen) atoms. The molecule has 0 bridgehead atoms. The van der Waals surface area contributed by atoms with Crippen LogP contribution >= 0.6 is 0 Å². The van der Waals surface area contributed by atoms with Crippen molar-refractivity contribution in [1.29, 1.82) is 0 Å². The van der Waals surface area contributed by atoms with Gasteiger partial charge in [-0.2, -0.15) is 0 Å². The molecular weight excluding hydrogens is 376 g/mol. The van der Waals surface area contributed by atoms with Gasteiger partial charge in [0.1, 0.15) is 0 Å². The quantitative estimate of drug-likeness (QED) is 0.706. The number of carbonyl (C=O) groups excluding carboxylic acids is 2. The Labute approximate surface area is 167 Å². The van der Waals surface area contributed by atoms with Crippen LogP contribution in [0, 0.1) is 24.7 Å². The molecule has 2 amide bonds. The fourth-order valence-electron chi connectivity index (χ4n) is 4.16. The monoisotopic (exact) mass is 406 g/mol. The lowest BCUT2D eigenvalue weighted by Crippen LogP contribution is -2.31. The Morgan fingerprint density at radius 2 is 1.71 bits per heavy atom. The molecule has 1 saturated carbocycles. The highest BCUT2D eigenvalue weighted by Gasteiger charge is 2.47. The molecule has 0 aromatic heterocycles. The summed E-state index contributed by atoms with van der Waals surface area (Å²) in [7, 11) is -3.63. The largest absolute Gasteiger partial charge is 0.278 e. The topological polar surface area (TPSA) is 83.6 Å². The zero-order chi connectivity index (χ0) is 20.5. The van der Waals surface area contributed by atoms with Gasteiger partial charge in [-0.25, -0.2) is 13.1 Å². The first kappa shape index (κ1) is 21.0. The van der Waals surface area contributed by atoms with Crippen molar-refractivity contribution < 1.29 is 18.0 Å². The molecule has 2 fully saturated rings. The number of aryl methyl sites for hydroxylation is 1. The van der Waals surface area contributed by atoms with Crippen molar-refractivity contribution in [3.63, 3.8) is 0 Å². The molecule has 6 nitrogen and oxygen atoms in total. The molecule has 2 atom stereocenters. The second-order valence-corrected chi connectivity index (χ2v) is 10.2. The van der Waals surface area contributed by atoms with Crippen molar-refractivity contribution in [2.24, 2.45) is 17.8 Å². The van der Waals surface area contributed by atoms with Crippen LogP contribution in [0.2, 0.25) is 0 Å². The first-order chi connectivity index (χ1) is 13.2. The van der Waals surface area contributed by atoms with Crippen LogP contribution in [0.25, 0.3) is 0 Å². The van der Waals surface area contributed by atoms with Gasteiger partial charge in [-0.05, 0) is 49.3 Å². The Morgan fingerprint density at radius 1 is 1.11 bits per heavy atom. The lowest BCUT2D eigenvalue weighted by Gasteiger charge is -2.19. The van der Waals surface area contributed by atoms with E-state index in [0.29, 0.717) is 23.6 Å². The number of sulfonamides is 1. The van der Waals surface area contributed by atoms with E-state index in [2.05, 4.69) is 4.72 Å². The van der Waals surface area contributed by atoms with Gasteiger partial charge in [0.15, 0.2) is 0 Å². The summed E-state index contributed by atoms with van der Waals surface area (Å²) < 4.78 is 28.0. The average molecular weight is 407 g/mol. The number of hydrogen-bond donors (Lipinski definition) is 1. The molecule has 1 saturated heterocycles. The molecular formula is C21H30N2O4S. The van der Waals surface area contributed by atoms with E-state index >= 15 is 0 Å². The summed E-state index contributed by atoms with van der Waals surface area (Å²) in [6.45, 7) is 6.36. The van der Waals surface area contributed by atoms with E-state index in [-0.39, 0.29) is 35.1 Å². The lowest BCUT2D eigenvalue weighted by molar-refractivity contribution is -0.140. The van der Waals surface area contributed by atoms with Crippen LogP contribution in [0.5, 0.6) is 0 Å². The summed E-state index contributed by atoms with van der Waals surface area (Å²) in [4.78, 5) is 26.9. The van der Waals surface area contributed by atoms with Crippen molar-refractivity contribution in [3.05, 3.63) is 29.3 Å². The maximum Gasteiger partial charge on any atom is 0.240 e. The molecule has 7 heteroatoms. The third kappa shape index (κ3) is 4.30. The minimum Gasteiger partial charge on any atom is -0.278 e. The molecule has 2 aliphatic rings. The van der Waals surface area contributed by atoms with E-state index < -0.39 is 10.0 Å². The lowest BCUT2D eigenvalue weighted by atomic mass is 9.81. The number of likely N-dealkylation sites (tertiary alicyclic amines) is 1. The van der Waals surface area contributed by atoms with Crippen molar-refractivity contribution in [1.82, 2.24) is 9.62 Å². The Balaban J connectivity index is 1.78. The summed E-state index contributed by atoms with van der Waals surface area (Å²) in [6, 6.07) is 5.13. The fourth-order valence-corrected chi connectivity index (χ4v) is 5.50. The highest BCUT2D eigenvalue weighted by Crippen LogP contribution is 2.38. The second-order valence-electron chi connectivity index (χ2n) is 8.44. The third-order valence-electron chi connectivity index (χ3n) is 5.83. The number of fused-ring (bicyclic) bond motifs is 1. The van der Waals surface area contributed by atoms with Gasteiger partial charge in [-0.1, -0.05) is 38.8 Å². The van der Waals surface area contributed by atoms with Crippen LogP contribution in [0.4, 0.5) is 0 Å². The number of imide groups is 1. The number of nitrogens with zero attached hydrogens (tertiary/aromatic N) is 1. The predicted octanol–water partition coefficient (Wildman–Crippen LogP) is 2.99. The van der Waals surface area contributed by atoms with E-state index in [1.165, 1.54) is 4.90 Å². The predicted molar refractivity (Wildman–Crippen MR) is 107 cm³/mol. The van der Waals surface area contributed by atoms with E-state index in [1.807, 2.05) is 13.8 Å². The van der Waals surface area contributed by atoms with Crippen LogP contribution in [0.1, 0.15) is 57.1 Å². The number of benzene rings is 1. The molecule has 0 unspecified atom stereocenters. The number of hydrogen-bond acceptors (Lipinski definition) is 4. The average Bonchev–Trinajstić information content (AvgIpc) is 2.88. The van der Waals surface area contributed by atoms with E-state index in [0.717, 1.165) is 32.1 Å². The molecule has 1 aromatic rings. The van der Waals surface area contributed by atoms with E-state index in [4.69, 9.17) is 0 Å².